The number of carbonyl (C=O) groups is 2. The van der Waals surface area contributed by atoms with Gasteiger partial charge in [-0.3, -0.25) is 0 Å². The molecule has 0 aromatic carbocycles. The highest BCUT2D eigenvalue weighted by Crippen LogP contribution is 2.33. The Balaban J connectivity index is 2.47. The molecule has 3 N–H and O–H groups in total. The molecule has 2 amide bonds. The van der Waals surface area contributed by atoms with Gasteiger partial charge in [0.1, 0.15) is 5.54 Å². The molecule has 0 aromatic heterocycles. The molecule has 6 heteroatoms. The predicted octanol–water partition coefficient (Wildman–Crippen LogP) is 2.46. The highest BCUT2D eigenvalue weighted by Gasteiger charge is 2.42. The highest BCUT2D eigenvalue weighted by molar-refractivity contribution is 7.98. The van der Waals surface area contributed by atoms with Gasteiger partial charge < -0.3 is 15.7 Å². The Morgan fingerprint density at radius 3 is 2.50 bits per heavy atom. The third-order valence-corrected chi connectivity index (χ3v) is 4.81. The van der Waals surface area contributed by atoms with Gasteiger partial charge in [0, 0.05) is 6.54 Å². The number of nitrogens with one attached hydrogen (secondary N) is 2. The first-order valence-corrected chi connectivity index (χ1v) is 8.72. The van der Waals surface area contributed by atoms with E-state index in [1.807, 2.05) is 6.26 Å². The standard InChI is InChI=1S/C14H26N2O3S/c1-3-11-5-7-14(8-6-11,12(17)18)16-13(19)15-9-4-10-20-2/h11H,3-10H2,1-2H3,(H,17,18)(H2,15,16,19). The molecule has 1 aliphatic rings. The lowest BCUT2D eigenvalue weighted by Gasteiger charge is -2.37. The van der Waals surface area contributed by atoms with Crippen molar-refractivity contribution in [2.45, 2.75) is 51.0 Å². The van der Waals surface area contributed by atoms with Gasteiger partial charge in [0.15, 0.2) is 0 Å². The fraction of sp³-hybridized carbons (Fsp3) is 0.857. The molecule has 0 unspecified atom stereocenters. The fourth-order valence-electron chi connectivity index (χ4n) is 2.65. The molecular formula is C14H26N2O3S. The maximum absolute atomic E-state index is 11.8. The smallest absolute Gasteiger partial charge is 0.329 e. The van der Waals surface area contributed by atoms with Crippen molar-refractivity contribution in [3.05, 3.63) is 0 Å². The van der Waals surface area contributed by atoms with Crippen molar-refractivity contribution in [3.8, 4) is 0 Å². The first-order chi connectivity index (χ1) is 9.54. The van der Waals surface area contributed by atoms with Crippen molar-refractivity contribution in [1.82, 2.24) is 10.6 Å². The summed E-state index contributed by atoms with van der Waals surface area (Å²) in [6.45, 7) is 2.71. The Bertz CT molecular complexity index is 328. The molecular weight excluding hydrogens is 276 g/mol. The van der Waals surface area contributed by atoms with Crippen LogP contribution in [0.1, 0.15) is 45.4 Å². The minimum Gasteiger partial charge on any atom is -0.480 e. The lowest BCUT2D eigenvalue weighted by atomic mass is 9.75. The van der Waals surface area contributed by atoms with Crippen LogP contribution in [-0.4, -0.2) is 41.2 Å². The van der Waals surface area contributed by atoms with Crippen molar-refractivity contribution in [1.29, 1.82) is 0 Å². The SMILES string of the molecule is CCC1CCC(NC(=O)NCCCSC)(C(=O)O)CC1. The van der Waals surface area contributed by atoms with Crippen LogP contribution in [0.3, 0.4) is 0 Å². The third kappa shape index (κ3) is 4.89. The topological polar surface area (TPSA) is 78.4 Å². The van der Waals surface area contributed by atoms with E-state index in [1.54, 1.807) is 11.8 Å². The molecule has 1 saturated carbocycles. The molecule has 0 aliphatic heterocycles. The van der Waals surface area contributed by atoms with E-state index in [4.69, 9.17) is 0 Å². The van der Waals surface area contributed by atoms with Crippen LogP contribution in [-0.2, 0) is 4.79 Å². The highest BCUT2D eigenvalue weighted by atomic mass is 32.2. The lowest BCUT2D eigenvalue weighted by molar-refractivity contribution is -0.146. The van der Waals surface area contributed by atoms with Crippen molar-refractivity contribution in [3.63, 3.8) is 0 Å². The number of hydrogen-bond acceptors (Lipinski definition) is 3. The zero-order valence-electron chi connectivity index (χ0n) is 12.4. The second kappa shape index (κ2) is 8.39. The van der Waals surface area contributed by atoms with Gasteiger partial charge in [-0.05, 0) is 50.0 Å². The number of amides is 2. The molecule has 0 atom stereocenters. The van der Waals surface area contributed by atoms with Gasteiger partial charge >= 0.3 is 12.0 Å². The minimum absolute atomic E-state index is 0.358. The molecule has 0 aromatic rings. The predicted molar refractivity (Wildman–Crippen MR) is 82.1 cm³/mol. The van der Waals surface area contributed by atoms with E-state index < -0.39 is 11.5 Å². The summed E-state index contributed by atoms with van der Waals surface area (Å²) in [5, 5.41) is 14.9. The summed E-state index contributed by atoms with van der Waals surface area (Å²) < 4.78 is 0. The van der Waals surface area contributed by atoms with Crippen LogP contribution >= 0.6 is 11.8 Å². The number of carboxylic acid groups (broad SMARTS) is 1. The fourth-order valence-corrected chi connectivity index (χ4v) is 3.08. The van der Waals surface area contributed by atoms with Gasteiger partial charge in [0.05, 0.1) is 0 Å². The number of aliphatic carboxylic acids is 1. The van der Waals surface area contributed by atoms with Crippen LogP contribution in [0.5, 0.6) is 0 Å². The quantitative estimate of drug-likeness (QED) is 0.631. The number of thioether (sulfide) groups is 1. The normalized spacial score (nSPS) is 26.0. The van der Waals surface area contributed by atoms with E-state index >= 15 is 0 Å². The summed E-state index contributed by atoms with van der Waals surface area (Å²) in [5.41, 5.74) is -1.07. The maximum atomic E-state index is 11.8. The van der Waals surface area contributed by atoms with E-state index in [2.05, 4.69) is 17.6 Å². The van der Waals surface area contributed by atoms with Crippen LogP contribution in [0, 0.1) is 5.92 Å². The number of rotatable bonds is 7. The van der Waals surface area contributed by atoms with Crippen LogP contribution in [0.4, 0.5) is 4.79 Å². The average molecular weight is 302 g/mol. The molecule has 1 aliphatic carbocycles. The number of carbonyl (C=O) groups excluding carboxylic acids is 1. The average Bonchev–Trinajstić information content (AvgIpc) is 2.44. The largest absolute Gasteiger partial charge is 0.480 e. The molecule has 1 rings (SSSR count). The summed E-state index contributed by atoms with van der Waals surface area (Å²) in [6.07, 6.45) is 6.79. The molecule has 5 nitrogen and oxygen atoms in total. The zero-order valence-corrected chi connectivity index (χ0v) is 13.2. The second-order valence-electron chi connectivity index (χ2n) is 5.47. The molecule has 116 valence electrons. The third-order valence-electron chi connectivity index (χ3n) is 4.11. The summed E-state index contributed by atoms with van der Waals surface area (Å²) in [5.74, 6) is 0.669. The van der Waals surface area contributed by atoms with Gasteiger partial charge in [-0.25, -0.2) is 9.59 Å². The summed E-state index contributed by atoms with van der Waals surface area (Å²) in [4.78, 5) is 23.4. The monoisotopic (exact) mass is 302 g/mol. The van der Waals surface area contributed by atoms with Crippen LogP contribution in [0.2, 0.25) is 0 Å². The lowest BCUT2D eigenvalue weighted by Crippen LogP contribution is -2.58. The van der Waals surface area contributed by atoms with Crippen molar-refractivity contribution >= 4 is 23.8 Å². The van der Waals surface area contributed by atoms with Gasteiger partial charge in [0.25, 0.3) is 0 Å². The van der Waals surface area contributed by atoms with Gasteiger partial charge in [-0.2, -0.15) is 11.8 Å². The van der Waals surface area contributed by atoms with Gasteiger partial charge in [-0.1, -0.05) is 13.3 Å². The first-order valence-electron chi connectivity index (χ1n) is 7.32. The first kappa shape index (κ1) is 17.1. The number of urea groups is 1. The van der Waals surface area contributed by atoms with Crippen LogP contribution < -0.4 is 10.6 Å². The van der Waals surface area contributed by atoms with E-state index in [0.717, 1.165) is 31.4 Å². The summed E-state index contributed by atoms with van der Waals surface area (Å²) >= 11 is 1.73. The van der Waals surface area contributed by atoms with E-state index in [9.17, 15) is 14.7 Å². The van der Waals surface area contributed by atoms with Gasteiger partial charge in [0.2, 0.25) is 0 Å². The van der Waals surface area contributed by atoms with Crippen LogP contribution in [0.15, 0.2) is 0 Å². The molecule has 1 fully saturated rings. The van der Waals surface area contributed by atoms with Crippen molar-refractivity contribution in [2.24, 2.45) is 5.92 Å². The molecule has 0 saturated heterocycles. The Kier molecular flexibility index (Phi) is 7.19. The van der Waals surface area contributed by atoms with Crippen molar-refractivity contribution < 1.29 is 14.7 Å². The van der Waals surface area contributed by atoms with E-state index in [-0.39, 0.29) is 6.03 Å². The molecule has 0 radical (unpaired) electrons. The maximum Gasteiger partial charge on any atom is 0.329 e. The summed E-state index contributed by atoms with van der Waals surface area (Å²) in [7, 11) is 0. The number of carboxylic acids is 1. The second-order valence-corrected chi connectivity index (χ2v) is 6.45. The van der Waals surface area contributed by atoms with Gasteiger partial charge in [-0.15, -0.1) is 0 Å². The van der Waals surface area contributed by atoms with E-state index in [0.29, 0.717) is 25.3 Å². The minimum atomic E-state index is -1.07. The Hall–Kier alpha value is -0.910. The van der Waals surface area contributed by atoms with Crippen LogP contribution in [0.25, 0.3) is 0 Å². The Morgan fingerprint density at radius 2 is 2.00 bits per heavy atom. The molecule has 0 spiro atoms. The zero-order chi connectivity index (χ0) is 15.0. The van der Waals surface area contributed by atoms with Crippen molar-refractivity contribution in [2.75, 3.05) is 18.6 Å². The molecule has 0 heterocycles. The summed E-state index contributed by atoms with van der Waals surface area (Å²) in [6, 6.07) is -0.358. The Labute approximate surface area is 125 Å². The van der Waals surface area contributed by atoms with E-state index in [1.165, 1.54) is 0 Å². The Morgan fingerprint density at radius 1 is 1.35 bits per heavy atom. The molecule has 20 heavy (non-hydrogen) atoms. The molecule has 0 bridgehead atoms. The number of hydrogen-bond donors (Lipinski definition) is 3.